The molecule has 1 saturated heterocycles. The molecule has 6 heteroatoms. The van der Waals surface area contributed by atoms with Crippen molar-refractivity contribution in [2.75, 3.05) is 13.1 Å². The fraction of sp³-hybridized carbons (Fsp3) is 0.480. The molecule has 2 fully saturated rings. The Morgan fingerprint density at radius 1 is 1.13 bits per heavy atom. The summed E-state index contributed by atoms with van der Waals surface area (Å²) in [6.45, 7) is 5.64. The predicted octanol–water partition coefficient (Wildman–Crippen LogP) is 3.04. The summed E-state index contributed by atoms with van der Waals surface area (Å²) in [5.74, 6) is -0.134. The van der Waals surface area contributed by atoms with Gasteiger partial charge in [-0.2, -0.15) is 0 Å². The van der Waals surface area contributed by atoms with Crippen LogP contribution in [-0.4, -0.2) is 46.9 Å². The molecular weight excluding hydrogens is 388 g/mol. The van der Waals surface area contributed by atoms with Gasteiger partial charge in [0.1, 0.15) is 0 Å². The molecule has 1 aromatic carbocycles. The van der Waals surface area contributed by atoms with E-state index < -0.39 is 6.04 Å². The van der Waals surface area contributed by atoms with E-state index in [9.17, 15) is 9.59 Å². The molecule has 0 radical (unpaired) electrons. The zero-order valence-electron chi connectivity index (χ0n) is 18.4. The van der Waals surface area contributed by atoms with Crippen LogP contribution in [0.15, 0.2) is 42.7 Å². The molecule has 1 aromatic heterocycles. The maximum absolute atomic E-state index is 13.2. The average Bonchev–Trinajstić information content (AvgIpc) is 3.31. The number of aromatic nitrogens is 1. The zero-order valence-corrected chi connectivity index (χ0v) is 18.4. The summed E-state index contributed by atoms with van der Waals surface area (Å²) in [4.78, 5) is 32.2. The number of carbonyl (C=O) groups excluding carboxylic acids is 2. The number of piperazine rings is 1. The molecule has 1 aliphatic heterocycles. The maximum atomic E-state index is 13.2. The van der Waals surface area contributed by atoms with Crippen LogP contribution in [-0.2, 0) is 9.59 Å². The van der Waals surface area contributed by atoms with Crippen molar-refractivity contribution in [1.29, 1.82) is 0 Å². The second-order valence-corrected chi connectivity index (χ2v) is 8.81. The molecule has 2 aliphatic rings. The van der Waals surface area contributed by atoms with E-state index in [0.29, 0.717) is 12.6 Å². The van der Waals surface area contributed by atoms with Crippen molar-refractivity contribution in [1.82, 2.24) is 20.5 Å². The fourth-order valence-electron chi connectivity index (χ4n) is 4.87. The first kappa shape index (κ1) is 21.5. The molecule has 2 heterocycles. The highest BCUT2D eigenvalue weighted by molar-refractivity contribution is 5.89. The average molecular weight is 421 g/mol. The van der Waals surface area contributed by atoms with Crippen LogP contribution in [0.1, 0.15) is 60.4 Å². The number of hydrogen-bond acceptors (Lipinski definition) is 4. The monoisotopic (exact) mass is 420 g/mol. The van der Waals surface area contributed by atoms with Gasteiger partial charge in [0.25, 0.3) is 0 Å². The number of nitrogens with one attached hydrogen (secondary N) is 2. The van der Waals surface area contributed by atoms with E-state index in [2.05, 4.69) is 52.6 Å². The highest BCUT2D eigenvalue weighted by Crippen LogP contribution is 2.28. The van der Waals surface area contributed by atoms with Crippen molar-refractivity contribution in [3.63, 3.8) is 0 Å². The van der Waals surface area contributed by atoms with E-state index in [4.69, 9.17) is 0 Å². The molecule has 6 nitrogen and oxygen atoms in total. The number of nitrogens with zero attached hydrogens (tertiary/aromatic N) is 2. The Kier molecular flexibility index (Phi) is 6.66. The van der Waals surface area contributed by atoms with E-state index in [1.165, 1.54) is 24.0 Å². The maximum Gasteiger partial charge on any atom is 0.237 e. The summed E-state index contributed by atoms with van der Waals surface area (Å²) in [5, 5.41) is 6.15. The lowest BCUT2D eigenvalue weighted by molar-refractivity contribution is -0.135. The lowest BCUT2D eigenvalue weighted by Gasteiger charge is -2.39. The minimum absolute atomic E-state index is 0.0278. The van der Waals surface area contributed by atoms with Gasteiger partial charge in [0, 0.05) is 31.5 Å². The third-order valence-electron chi connectivity index (χ3n) is 6.75. The van der Waals surface area contributed by atoms with E-state index in [-0.39, 0.29) is 24.3 Å². The Bertz CT molecular complexity index is 924. The first-order valence-electron chi connectivity index (χ1n) is 11.3. The molecule has 2 aromatic rings. The first-order valence-corrected chi connectivity index (χ1v) is 11.3. The number of pyridine rings is 1. The third-order valence-corrected chi connectivity index (χ3v) is 6.75. The third kappa shape index (κ3) is 4.96. The molecule has 2 N–H and O–H groups in total. The summed E-state index contributed by atoms with van der Waals surface area (Å²) in [6.07, 6.45) is 8.31. The number of benzene rings is 1. The number of aryl methyl sites for hydroxylation is 2. The largest absolute Gasteiger partial charge is 0.353 e. The smallest absolute Gasteiger partial charge is 0.237 e. The van der Waals surface area contributed by atoms with E-state index >= 15 is 0 Å². The van der Waals surface area contributed by atoms with Gasteiger partial charge in [-0.05, 0) is 61.1 Å². The predicted molar refractivity (Wildman–Crippen MR) is 121 cm³/mol. The minimum atomic E-state index is -0.394. The Labute approximate surface area is 184 Å². The lowest BCUT2D eigenvalue weighted by Crippen LogP contribution is -2.59. The van der Waals surface area contributed by atoms with Crippen molar-refractivity contribution in [2.45, 2.75) is 64.1 Å². The van der Waals surface area contributed by atoms with Gasteiger partial charge < -0.3 is 10.6 Å². The molecule has 2 amide bonds. The SMILES string of the molecule is Cc1ccc([C@@H](NC(=O)C[C@@H]2C(=O)NCCN2C2CCCC2)c2ccncc2)cc1C. The summed E-state index contributed by atoms with van der Waals surface area (Å²) < 4.78 is 0. The number of rotatable bonds is 6. The van der Waals surface area contributed by atoms with Gasteiger partial charge >= 0.3 is 0 Å². The van der Waals surface area contributed by atoms with Gasteiger partial charge in [0.15, 0.2) is 0 Å². The molecule has 2 atom stereocenters. The summed E-state index contributed by atoms with van der Waals surface area (Å²) in [5.41, 5.74) is 4.41. The van der Waals surface area contributed by atoms with Crippen LogP contribution in [0.5, 0.6) is 0 Å². The summed E-state index contributed by atoms with van der Waals surface area (Å²) in [6, 6.07) is 9.87. The van der Waals surface area contributed by atoms with Gasteiger partial charge in [0.2, 0.25) is 11.8 Å². The highest BCUT2D eigenvalue weighted by Gasteiger charge is 2.37. The Hall–Kier alpha value is -2.73. The van der Waals surface area contributed by atoms with Gasteiger partial charge in [-0.1, -0.05) is 31.0 Å². The number of amides is 2. The van der Waals surface area contributed by atoms with Gasteiger partial charge in [-0.15, -0.1) is 0 Å². The second kappa shape index (κ2) is 9.60. The van der Waals surface area contributed by atoms with Crippen molar-refractivity contribution in [3.8, 4) is 0 Å². The van der Waals surface area contributed by atoms with Crippen LogP contribution < -0.4 is 10.6 Å². The second-order valence-electron chi connectivity index (χ2n) is 8.81. The van der Waals surface area contributed by atoms with Crippen LogP contribution in [0, 0.1) is 13.8 Å². The van der Waals surface area contributed by atoms with Crippen LogP contribution in [0.2, 0.25) is 0 Å². The Morgan fingerprint density at radius 2 is 1.87 bits per heavy atom. The fourth-order valence-corrected chi connectivity index (χ4v) is 4.87. The molecule has 1 saturated carbocycles. The molecule has 164 valence electrons. The lowest BCUT2D eigenvalue weighted by atomic mass is 9.95. The normalized spacial score (nSPS) is 21.0. The van der Waals surface area contributed by atoms with Crippen molar-refractivity contribution in [3.05, 3.63) is 65.0 Å². The Balaban J connectivity index is 1.54. The van der Waals surface area contributed by atoms with Gasteiger partial charge in [0.05, 0.1) is 18.5 Å². The molecule has 0 unspecified atom stereocenters. The van der Waals surface area contributed by atoms with Crippen molar-refractivity contribution < 1.29 is 9.59 Å². The highest BCUT2D eigenvalue weighted by atomic mass is 16.2. The minimum Gasteiger partial charge on any atom is -0.353 e. The molecular formula is C25H32N4O2. The van der Waals surface area contributed by atoms with E-state index in [1.807, 2.05) is 12.1 Å². The van der Waals surface area contributed by atoms with E-state index in [1.54, 1.807) is 12.4 Å². The quantitative estimate of drug-likeness (QED) is 0.753. The summed E-state index contributed by atoms with van der Waals surface area (Å²) >= 11 is 0. The number of carbonyl (C=O) groups is 2. The van der Waals surface area contributed by atoms with Crippen LogP contribution >= 0.6 is 0 Å². The molecule has 0 spiro atoms. The van der Waals surface area contributed by atoms with Gasteiger partial charge in [-0.25, -0.2) is 0 Å². The van der Waals surface area contributed by atoms with Crippen LogP contribution in [0.25, 0.3) is 0 Å². The zero-order chi connectivity index (χ0) is 21.8. The standard InChI is InChI=1S/C25H32N4O2/c1-17-7-8-20(15-18(17)2)24(19-9-11-26-12-10-19)28-23(30)16-22-25(31)27-13-14-29(22)21-5-3-4-6-21/h7-12,15,21-22,24H,3-6,13-14,16H2,1-2H3,(H,27,31)(H,28,30)/t22-,24+/m1/s1. The first-order chi connectivity index (χ1) is 15.0. The molecule has 31 heavy (non-hydrogen) atoms. The van der Waals surface area contributed by atoms with Crippen LogP contribution in [0.4, 0.5) is 0 Å². The molecule has 4 rings (SSSR count). The number of hydrogen-bond donors (Lipinski definition) is 2. The van der Waals surface area contributed by atoms with E-state index in [0.717, 1.165) is 30.5 Å². The van der Waals surface area contributed by atoms with Gasteiger partial charge in [-0.3, -0.25) is 19.5 Å². The Morgan fingerprint density at radius 3 is 2.58 bits per heavy atom. The van der Waals surface area contributed by atoms with Crippen LogP contribution in [0.3, 0.4) is 0 Å². The molecule has 1 aliphatic carbocycles. The van der Waals surface area contributed by atoms with Crippen molar-refractivity contribution >= 4 is 11.8 Å². The topological polar surface area (TPSA) is 74.3 Å². The summed E-state index contributed by atoms with van der Waals surface area (Å²) in [7, 11) is 0. The molecule has 0 bridgehead atoms. The van der Waals surface area contributed by atoms with Crippen molar-refractivity contribution in [2.24, 2.45) is 0 Å².